The van der Waals surface area contributed by atoms with Crippen molar-refractivity contribution >= 4 is 64.9 Å². The van der Waals surface area contributed by atoms with E-state index in [9.17, 15) is 4.79 Å². The Bertz CT molecular complexity index is 836. The highest BCUT2D eigenvalue weighted by Crippen LogP contribution is 2.41. The Labute approximate surface area is 169 Å². The van der Waals surface area contributed by atoms with Gasteiger partial charge in [-0.3, -0.25) is 4.79 Å². The third kappa shape index (κ3) is 3.87. The molecule has 0 aliphatic heterocycles. The van der Waals surface area contributed by atoms with E-state index in [-0.39, 0.29) is 10.6 Å². The maximum atomic E-state index is 12.6. The van der Waals surface area contributed by atoms with Gasteiger partial charge in [0.15, 0.2) is 5.78 Å². The number of ketones is 1. The summed E-state index contributed by atoms with van der Waals surface area (Å²) < 4.78 is 0.925. The average Bonchev–Trinajstić information content (AvgIpc) is 3.03. The molecule has 0 aliphatic rings. The molecule has 6 heteroatoms. The van der Waals surface area contributed by atoms with Crippen LogP contribution in [0.5, 0.6) is 0 Å². The molecule has 0 radical (unpaired) electrons. The second-order valence-corrected chi connectivity index (χ2v) is 9.37. The standard InChI is InChI=1S/C18H12Br3NOS/c19-13(14(20)16(23)11-7-3-1-4-8-11)15-17(21)24-18(22-15)12-9-5-2-6-10-12/h1-10,13-14H. The monoisotopic (exact) mass is 527 g/mol. The largest absolute Gasteiger partial charge is 0.293 e. The van der Waals surface area contributed by atoms with E-state index in [1.54, 1.807) is 11.3 Å². The molecule has 0 spiro atoms. The third-order valence-electron chi connectivity index (χ3n) is 3.46. The summed E-state index contributed by atoms with van der Waals surface area (Å²) in [5, 5.41) is 0.925. The number of hydrogen-bond acceptors (Lipinski definition) is 3. The summed E-state index contributed by atoms with van der Waals surface area (Å²) >= 11 is 12.3. The molecule has 3 aromatic rings. The molecular weight excluding hydrogens is 518 g/mol. The number of carbonyl (C=O) groups excluding carboxylic acids is 1. The molecule has 2 atom stereocenters. The number of rotatable bonds is 5. The third-order valence-corrected chi connectivity index (χ3v) is 7.87. The molecule has 2 nitrogen and oxygen atoms in total. The quantitative estimate of drug-likeness (QED) is 0.273. The first-order chi connectivity index (χ1) is 11.6. The Hall–Kier alpha value is -0.820. The number of carbonyl (C=O) groups is 1. The van der Waals surface area contributed by atoms with Crippen molar-refractivity contribution in [3.05, 3.63) is 75.7 Å². The number of alkyl halides is 2. The van der Waals surface area contributed by atoms with Crippen molar-refractivity contribution in [2.45, 2.75) is 9.65 Å². The van der Waals surface area contributed by atoms with Crippen LogP contribution in [0.1, 0.15) is 20.9 Å². The SMILES string of the molecule is O=C(c1ccccc1)C(Br)C(Br)c1nc(-c2ccccc2)sc1Br. The normalized spacial score (nSPS) is 13.5. The zero-order valence-electron chi connectivity index (χ0n) is 12.3. The van der Waals surface area contributed by atoms with E-state index < -0.39 is 4.83 Å². The zero-order chi connectivity index (χ0) is 17.1. The lowest BCUT2D eigenvalue weighted by molar-refractivity contribution is 0.0990. The first kappa shape index (κ1) is 18.0. The fraction of sp³-hybridized carbons (Fsp3) is 0.111. The summed E-state index contributed by atoms with van der Waals surface area (Å²) in [4.78, 5) is 16.7. The number of Topliss-reactive ketones (excluding diaryl/α,β-unsaturated/α-hetero) is 1. The van der Waals surface area contributed by atoms with Crippen LogP contribution in [-0.4, -0.2) is 15.6 Å². The Morgan fingerprint density at radius 3 is 2.17 bits per heavy atom. The Morgan fingerprint density at radius 1 is 0.958 bits per heavy atom. The molecule has 0 saturated carbocycles. The average molecular weight is 530 g/mol. The van der Waals surface area contributed by atoms with E-state index in [0.717, 1.165) is 20.1 Å². The van der Waals surface area contributed by atoms with Crippen LogP contribution in [-0.2, 0) is 0 Å². The van der Waals surface area contributed by atoms with Crippen molar-refractivity contribution in [3.63, 3.8) is 0 Å². The van der Waals surface area contributed by atoms with Crippen LogP contribution < -0.4 is 0 Å². The van der Waals surface area contributed by atoms with Gasteiger partial charge in [-0.1, -0.05) is 92.5 Å². The fourth-order valence-electron chi connectivity index (χ4n) is 2.22. The number of aromatic nitrogens is 1. The lowest BCUT2D eigenvalue weighted by Crippen LogP contribution is -2.19. The smallest absolute Gasteiger partial charge is 0.177 e. The number of benzene rings is 2. The highest BCUT2D eigenvalue weighted by Gasteiger charge is 2.29. The molecule has 24 heavy (non-hydrogen) atoms. The minimum Gasteiger partial charge on any atom is -0.293 e. The molecule has 0 saturated heterocycles. The van der Waals surface area contributed by atoms with Crippen molar-refractivity contribution in [2.75, 3.05) is 0 Å². The predicted octanol–water partition coefficient (Wildman–Crippen LogP) is 6.66. The van der Waals surface area contributed by atoms with Gasteiger partial charge in [-0.25, -0.2) is 4.98 Å². The second-order valence-electron chi connectivity index (χ2n) is 5.08. The molecule has 0 bridgehead atoms. The van der Waals surface area contributed by atoms with Crippen LogP contribution in [0.2, 0.25) is 0 Å². The molecule has 0 fully saturated rings. The number of thiazole rings is 1. The van der Waals surface area contributed by atoms with E-state index >= 15 is 0 Å². The minimum atomic E-state index is -0.401. The topological polar surface area (TPSA) is 30.0 Å². The fourth-order valence-corrected chi connectivity index (χ4v) is 5.41. The Balaban J connectivity index is 1.86. The van der Waals surface area contributed by atoms with E-state index in [0.29, 0.717) is 5.56 Å². The number of halogens is 3. The highest BCUT2D eigenvalue weighted by molar-refractivity contribution is 9.12. The van der Waals surface area contributed by atoms with Gasteiger partial charge in [0.1, 0.15) is 5.01 Å². The first-order valence-corrected chi connectivity index (χ1v) is 10.6. The van der Waals surface area contributed by atoms with Gasteiger partial charge in [-0.05, 0) is 15.9 Å². The molecular formula is C18H12Br3NOS. The predicted molar refractivity (Wildman–Crippen MR) is 110 cm³/mol. The van der Waals surface area contributed by atoms with Crippen LogP contribution in [0.3, 0.4) is 0 Å². The summed E-state index contributed by atoms with van der Waals surface area (Å²) in [6.45, 7) is 0. The summed E-state index contributed by atoms with van der Waals surface area (Å²) in [5.41, 5.74) is 2.57. The van der Waals surface area contributed by atoms with E-state index in [4.69, 9.17) is 4.98 Å². The molecule has 0 N–H and O–H groups in total. The van der Waals surface area contributed by atoms with Gasteiger partial charge in [0.2, 0.25) is 0 Å². The van der Waals surface area contributed by atoms with Gasteiger partial charge in [0.05, 0.1) is 19.1 Å². The summed E-state index contributed by atoms with van der Waals surface area (Å²) in [5.74, 6) is 0.0265. The molecule has 2 aromatic carbocycles. The van der Waals surface area contributed by atoms with Crippen molar-refractivity contribution in [1.82, 2.24) is 4.98 Å². The summed E-state index contributed by atoms with van der Waals surface area (Å²) in [6, 6.07) is 19.3. The Morgan fingerprint density at radius 2 is 1.54 bits per heavy atom. The molecule has 3 rings (SSSR count). The Kier molecular flexibility index (Phi) is 6.02. The first-order valence-electron chi connectivity index (χ1n) is 7.17. The maximum absolute atomic E-state index is 12.6. The summed E-state index contributed by atoms with van der Waals surface area (Å²) in [7, 11) is 0. The van der Waals surface area contributed by atoms with Crippen molar-refractivity contribution in [2.24, 2.45) is 0 Å². The van der Waals surface area contributed by atoms with Crippen molar-refractivity contribution in [1.29, 1.82) is 0 Å². The molecule has 1 aromatic heterocycles. The van der Waals surface area contributed by atoms with Crippen LogP contribution in [0.4, 0.5) is 0 Å². The van der Waals surface area contributed by atoms with Gasteiger partial charge >= 0.3 is 0 Å². The summed E-state index contributed by atoms with van der Waals surface area (Å²) in [6.07, 6.45) is 0. The molecule has 2 unspecified atom stereocenters. The number of nitrogens with zero attached hydrogens (tertiary/aromatic N) is 1. The lowest BCUT2D eigenvalue weighted by atomic mass is 10.1. The maximum Gasteiger partial charge on any atom is 0.177 e. The zero-order valence-corrected chi connectivity index (χ0v) is 17.9. The molecule has 122 valence electrons. The minimum absolute atomic E-state index is 0.0265. The van der Waals surface area contributed by atoms with Crippen LogP contribution >= 0.6 is 59.1 Å². The molecule has 0 amide bonds. The lowest BCUT2D eigenvalue weighted by Gasteiger charge is -2.14. The van der Waals surface area contributed by atoms with Gasteiger partial charge in [-0.15, -0.1) is 11.3 Å². The van der Waals surface area contributed by atoms with Crippen LogP contribution in [0.25, 0.3) is 10.6 Å². The van der Waals surface area contributed by atoms with Crippen molar-refractivity contribution < 1.29 is 4.79 Å². The highest BCUT2D eigenvalue weighted by atomic mass is 79.9. The van der Waals surface area contributed by atoms with Gasteiger partial charge in [-0.2, -0.15) is 0 Å². The van der Waals surface area contributed by atoms with Crippen molar-refractivity contribution in [3.8, 4) is 10.6 Å². The second kappa shape index (κ2) is 8.04. The number of hydrogen-bond donors (Lipinski definition) is 0. The molecule has 1 heterocycles. The van der Waals surface area contributed by atoms with Gasteiger partial charge in [0, 0.05) is 11.1 Å². The van der Waals surface area contributed by atoms with Gasteiger partial charge in [0.25, 0.3) is 0 Å². The van der Waals surface area contributed by atoms with Crippen LogP contribution in [0, 0.1) is 0 Å². The van der Waals surface area contributed by atoms with Crippen LogP contribution in [0.15, 0.2) is 64.5 Å². The van der Waals surface area contributed by atoms with E-state index in [2.05, 4.69) is 47.8 Å². The molecule has 0 aliphatic carbocycles. The van der Waals surface area contributed by atoms with E-state index in [1.807, 2.05) is 60.7 Å². The van der Waals surface area contributed by atoms with E-state index in [1.165, 1.54) is 0 Å². The van der Waals surface area contributed by atoms with Gasteiger partial charge < -0.3 is 0 Å².